The molecule has 0 bridgehead atoms. The maximum absolute atomic E-state index is 11.3. The van der Waals surface area contributed by atoms with Crippen molar-refractivity contribution < 1.29 is 23.8 Å². The summed E-state index contributed by atoms with van der Waals surface area (Å²) in [5.74, 6) is -0.976. The van der Waals surface area contributed by atoms with Crippen LogP contribution in [0.2, 0.25) is 0 Å². The Morgan fingerprint density at radius 3 is 2.07 bits per heavy atom. The topological polar surface area (TPSA) is 61.8 Å². The molecule has 0 aliphatic rings. The first-order valence-corrected chi connectivity index (χ1v) is 5.09. The van der Waals surface area contributed by atoms with Gasteiger partial charge in [0.1, 0.15) is 0 Å². The second-order valence-corrected chi connectivity index (χ2v) is 2.71. The molecule has 0 aliphatic carbocycles. The molecule has 0 unspecified atom stereocenters. The van der Waals surface area contributed by atoms with Gasteiger partial charge in [0.25, 0.3) is 0 Å². The summed E-state index contributed by atoms with van der Waals surface area (Å²) >= 11 is 0. The molecular weight excluding hydrogens is 200 g/mol. The molecule has 0 aliphatic heterocycles. The van der Waals surface area contributed by atoms with Gasteiger partial charge in [0, 0.05) is 6.61 Å². The van der Waals surface area contributed by atoms with Crippen LogP contribution in [0.1, 0.15) is 27.2 Å². The standard InChI is InChI=1S/C10H18O5/c1-4-13-8(10(12)15-6-3)7-9(11)14-5-2/h8H,4-7H2,1-3H3/t8-/m1/s1. The molecule has 0 aromatic carbocycles. The fourth-order valence-electron chi connectivity index (χ4n) is 1.02. The molecule has 1 atom stereocenters. The van der Waals surface area contributed by atoms with Crippen LogP contribution in [0, 0.1) is 0 Å². The van der Waals surface area contributed by atoms with Crippen LogP contribution >= 0.6 is 0 Å². The summed E-state index contributed by atoms with van der Waals surface area (Å²) < 4.78 is 14.6. The van der Waals surface area contributed by atoms with Crippen LogP contribution in [0.4, 0.5) is 0 Å². The van der Waals surface area contributed by atoms with Gasteiger partial charge >= 0.3 is 11.9 Å². The Bertz CT molecular complexity index is 202. The monoisotopic (exact) mass is 218 g/mol. The number of hydrogen-bond donors (Lipinski definition) is 0. The van der Waals surface area contributed by atoms with Gasteiger partial charge in [-0.25, -0.2) is 4.79 Å². The van der Waals surface area contributed by atoms with Crippen molar-refractivity contribution in [2.75, 3.05) is 19.8 Å². The molecule has 0 saturated carbocycles. The van der Waals surface area contributed by atoms with Crippen molar-refractivity contribution in [2.45, 2.75) is 33.3 Å². The SMILES string of the molecule is CCOC(=O)C[C@@H](OCC)C(=O)OCC. The van der Waals surface area contributed by atoms with E-state index in [1.807, 2.05) is 0 Å². The third-order valence-corrected chi connectivity index (χ3v) is 1.57. The molecule has 5 heteroatoms. The highest BCUT2D eigenvalue weighted by Crippen LogP contribution is 2.03. The molecule has 15 heavy (non-hydrogen) atoms. The van der Waals surface area contributed by atoms with Crippen molar-refractivity contribution in [2.24, 2.45) is 0 Å². The van der Waals surface area contributed by atoms with Crippen LogP contribution in [0.5, 0.6) is 0 Å². The average molecular weight is 218 g/mol. The number of carbonyl (C=O) groups is 2. The Morgan fingerprint density at radius 1 is 1.00 bits per heavy atom. The van der Waals surface area contributed by atoms with E-state index in [9.17, 15) is 9.59 Å². The van der Waals surface area contributed by atoms with Crippen molar-refractivity contribution in [1.29, 1.82) is 0 Å². The molecule has 0 fully saturated rings. The third kappa shape index (κ3) is 6.06. The highest BCUT2D eigenvalue weighted by Gasteiger charge is 2.23. The summed E-state index contributed by atoms with van der Waals surface area (Å²) in [5, 5.41) is 0. The van der Waals surface area contributed by atoms with Gasteiger partial charge in [-0.3, -0.25) is 4.79 Å². The number of carbonyl (C=O) groups excluding carboxylic acids is 2. The molecule has 0 radical (unpaired) electrons. The summed E-state index contributed by atoms with van der Waals surface area (Å²) in [4.78, 5) is 22.4. The third-order valence-electron chi connectivity index (χ3n) is 1.57. The zero-order valence-electron chi connectivity index (χ0n) is 9.45. The van der Waals surface area contributed by atoms with Crippen molar-refractivity contribution >= 4 is 11.9 Å². The summed E-state index contributed by atoms with van der Waals surface area (Å²) in [7, 11) is 0. The first kappa shape index (κ1) is 13.9. The van der Waals surface area contributed by atoms with Gasteiger partial charge in [-0.05, 0) is 20.8 Å². The molecular formula is C10H18O5. The predicted molar refractivity (Wildman–Crippen MR) is 53.3 cm³/mol. The lowest BCUT2D eigenvalue weighted by Crippen LogP contribution is -2.30. The van der Waals surface area contributed by atoms with E-state index in [1.165, 1.54) is 0 Å². The van der Waals surface area contributed by atoms with Gasteiger partial charge in [-0.2, -0.15) is 0 Å². The van der Waals surface area contributed by atoms with Crippen molar-refractivity contribution in [3.63, 3.8) is 0 Å². The highest BCUT2D eigenvalue weighted by atomic mass is 16.6. The predicted octanol–water partition coefficient (Wildman–Crippen LogP) is 0.908. The van der Waals surface area contributed by atoms with Gasteiger partial charge in [0.2, 0.25) is 0 Å². The maximum atomic E-state index is 11.3. The largest absolute Gasteiger partial charge is 0.466 e. The number of rotatable bonds is 7. The van der Waals surface area contributed by atoms with Crippen molar-refractivity contribution in [3.05, 3.63) is 0 Å². The van der Waals surface area contributed by atoms with Gasteiger partial charge in [0.15, 0.2) is 6.10 Å². The zero-order valence-corrected chi connectivity index (χ0v) is 9.45. The number of hydrogen-bond acceptors (Lipinski definition) is 5. The fraction of sp³-hybridized carbons (Fsp3) is 0.800. The van der Waals surface area contributed by atoms with Gasteiger partial charge < -0.3 is 14.2 Å². The minimum Gasteiger partial charge on any atom is -0.466 e. The molecule has 0 heterocycles. The normalized spacial score (nSPS) is 11.9. The second kappa shape index (κ2) is 8.23. The molecule has 0 aromatic heterocycles. The first-order chi connectivity index (χ1) is 7.15. The Hall–Kier alpha value is -1.10. The van der Waals surface area contributed by atoms with Crippen molar-refractivity contribution in [3.8, 4) is 0 Å². The van der Waals surface area contributed by atoms with E-state index in [0.717, 1.165) is 0 Å². The van der Waals surface area contributed by atoms with E-state index >= 15 is 0 Å². The van der Waals surface area contributed by atoms with Crippen LogP contribution in [0.3, 0.4) is 0 Å². The van der Waals surface area contributed by atoms with E-state index < -0.39 is 18.0 Å². The summed E-state index contributed by atoms with van der Waals surface area (Å²) in [6, 6.07) is 0. The van der Waals surface area contributed by atoms with E-state index in [4.69, 9.17) is 14.2 Å². The molecule has 0 N–H and O–H groups in total. The van der Waals surface area contributed by atoms with Crippen LogP contribution in [0.15, 0.2) is 0 Å². The molecule has 0 aromatic rings. The number of esters is 2. The smallest absolute Gasteiger partial charge is 0.335 e. The van der Waals surface area contributed by atoms with Gasteiger partial charge in [-0.15, -0.1) is 0 Å². The average Bonchev–Trinajstić information content (AvgIpc) is 2.18. The fourth-order valence-corrected chi connectivity index (χ4v) is 1.02. The van der Waals surface area contributed by atoms with E-state index in [-0.39, 0.29) is 13.0 Å². The summed E-state index contributed by atoms with van der Waals surface area (Å²) in [5.41, 5.74) is 0. The van der Waals surface area contributed by atoms with Gasteiger partial charge in [0.05, 0.1) is 19.6 Å². The Morgan fingerprint density at radius 2 is 1.60 bits per heavy atom. The molecule has 0 saturated heterocycles. The van der Waals surface area contributed by atoms with Crippen molar-refractivity contribution in [1.82, 2.24) is 0 Å². The maximum Gasteiger partial charge on any atom is 0.335 e. The Labute approximate surface area is 89.7 Å². The molecule has 0 amide bonds. The van der Waals surface area contributed by atoms with Crippen LogP contribution in [-0.4, -0.2) is 37.9 Å². The van der Waals surface area contributed by atoms with Crippen LogP contribution in [0.25, 0.3) is 0 Å². The lowest BCUT2D eigenvalue weighted by molar-refractivity contribution is -0.163. The van der Waals surface area contributed by atoms with Crippen LogP contribution < -0.4 is 0 Å². The first-order valence-electron chi connectivity index (χ1n) is 5.09. The molecule has 0 rings (SSSR count). The quantitative estimate of drug-likeness (QED) is 0.594. The zero-order chi connectivity index (χ0) is 11.7. The second-order valence-electron chi connectivity index (χ2n) is 2.71. The van der Waals surface area contributed by atoms with E-state index in [2.05, 4.69) is 0 Å². The molecule has 5 nitrogen and oxygen atoms in total. The van der Waals surface area contributed by atoms with E-state index in [0.29, 0.717) is 13.2 Å². The minimum atomic E-state index is -0.853. The lowest BCUT2D eigenvalue weighted by Gasteiger charge is -2.14. The minimum absolute atomic E-state index is 0.0967. The Balaban J connectivity index is 4.13. The van der Waals surface area contributed by atoms with Gasteiger partial charge in [-0.1, -0.05) is 0 Å². The van der Waals surface area contributed by atoms with Crippen LogP contribution in [-0.2, 0) is 23.8 Å². The Kier molecular flexibility index (Phi) is 7.62. The van der Waals surface area contributed by atoms with E-state index in [1.54, 1.807) is 20.8 Å². The lowest BCUT2D eigenvalue weighted by atomic mass is 10.2. The summed E-state index contributed by atoms with van der Waals surface area (Å²) in [6.07, 6.45) is -0.949. The molecule has 88 valence electrons. The number of ether oxygens (including phenoxy) is 3. The summed E-state index contributed by atoms with van der Waals surface area (Å²) in [6.45, 7) is 6.06. The highest BCUT2D eigenvalue weighted by molar-refractivity contribution is 5.81. The molecule has 0 spiro atoms.